The zero-order valence-electron chi connectivity index (χ0n) is 7.39. The van der Waals surface area contributed by atoms with Crippen LogP contribution in [0.1, 0.15) is 0 Å². The zero-order valence-corrected chi connectivity index (χ0v) is 9.48. The van der Waals surface area contributed by atoms with Crippen molar-refractivity contribution >= 4 is 23.6 Å². The van der Waals surface area contributed by atoms with E-state index in [0.29, 0.717) is 0 Å². The molecule has 0 unspecified atom stereocenters. The van der Waals surface area contributed by atoms with Gasteiger partial charge in [-0.05, 0) is 0 Å². The number of hydrogen-bond donors (Lipinski definition) is 1. The minimum atomic E-state index is -1.62. The van der Waals surface area contributed by atoms with Gasteiger partial charge >= 0.3 is 70.7 Å². The van der Waals surface area contributed by atoms with Crippen molar-refractivity contribution < 1.29 is 0 Å². The molecule has 1 aromatic carbocycles. The maximum atomic E-state index is 5.69. The molecular formula is C9H16AsN. The number of anilines is 1. The summed E-state index contributed by atoms with van der Waals surface area (Å²) >= 11 is -1.62. The van der Waals surface area contributed by atoms with Crippen LogP contribution in [0.15, 0.2) is 24.3 Å². The molecule has 0 spiro atoms. The first kappa shape index (κ1) is 8.67. The van der Waals surface area contributed by atoms with Crippen LogP contribution in [0.2, 0.25) is 17.1 Å². The molecule has 0 amide bonds. The van der Waals surface area contributed by atoms with Gasteiger partial charge < -0.3 is 0 Å². The van der Waals surface area contributed by atoms with Crippen molar-refractivity contribution in [2.45, 2.75) is 17.1 Å². The first-order chi connectivity index (χ1) is 5.00. The van der Waals surface area contributed by atoms with Crippen LogP contribution in [0.25, 0.3) is 0 Å². The van der Waals surface area contributed by atoms with Crippen LogP contribution in [0.4, 0.5) is 5.69 Å². The van der Waals surface area contributed by atoms with Crippen molar-refractivity contribution in [1.29, 1.82) is 0 Å². The molecule has 0 saturated carbocycles. The summed E-state index contributed by atoms with van der Waals surface area (Å²) in [5.74, 6) is 0. The topological polar surface area (TPSA) is 26.0 Å². The Kier molecular flexibility index (Phi) is 2.29. The second-order valence-electron chi connectivity index (χ2n) is 3.88. The van der Waals surface area contributed by atoms with Crippen LogP contribution in [0.3, 0.4) is 0 Å². The summed E-state index contributed by atoms with van der Waals surface area (Å²) in [6.45, 7) is 0. The van der Waals surface area contributed by atoms with E-state index in [4.69, 9.17) is 5.73 Å². The van der Waals surface area contributed by atoms with E-state index in [2.05, 4.69) is 29.3 Å². The van der Waals surface area contributed by atoms with E-state index in [9.17, 15) is 0 Å². The second-order valence-corrected chi connectivity index (χ2v) is 14.5. The Morgan fingerprint density at radius 1 is 1.18 bits per heavy atom. The molecular weight excluding hydrogens is 197 g/mol. The molecule has 1 nitrogen and oxygen atoms in total. The summed E-state index contributed by atoms with van der Waals surface area (Å²) in [6, 6.07) is 8.29. The monoisotopic (exact) mass is 213 g/mol. The average Bonchev–Trinajstić information content (AvgIpc) is 1.86. The predicted molar refractivity (Wildman–Crippen MR) is 55.2 cm³/mol. The van der Waals surface area contributed by atoms with Crippen molar-refractivity contribution in [3.05, 3.63) is 24.3 Å². The summed E-state index contributed by atoms with van der Waals surface area (Å²) in [6.07, 6.45) is 0. The van der Waals surface area contributed by atoms with Gasteiger partial charge in [-0.15, -0.1) is 0 Å². The van der Waals surface area contributed by atoms with Crippen molar-refractivity contribution in [3.8, 4) is 0 Å². The summed E-state index contributed by atoms with van der Waals surface area (Å²) in [7, 11) is 0. The summed E-state index contributed by atoms with van der Waals surface area (Å²) in [4.78, 5) is 0. The molecule has 2 N–H and O–H groups in total. The first-order valence-corrected chi connectivity index (χ1v) is 11.2. The van der Waals surface area contributed by atoms with E-state index in [1.165, 1.54) is 4.35 Å². The second kappa shape index (κ2) is 2.90. The molecule has 0 aromatic heterocycles. The van der Waals surface area contributed by atoms with Crippen LogP contribution < -0.4 is 10.1 Å². The molecule has 0 aliphatic rings. The third kappa shape index (κ3) is 2.27. The molecule has 0 atom stereocenters. The number of nitrogens with two attached hydrogens (primary N) is 1. The molecule has 0 fully saturated rings. The standard InChI is InChI=1S/C9H16AsN/c1-10(2,3)8-5-4-6-9(11)7-8/h4-7,10H,11H2,1-3H3. The SMILES string of the molecule is C[AsH](C)(C)c1cccc(N)c1. The number of rotatable bonds is 1. The summed E-state index contributed by atoms with van der Waals surface area (Å²) in [5.41, 5.74) is 13.7. The molecule has 11 heavy (non-hydrogen) atoms. The molecule has 1 aromatic rings. The van der Waals surface area contributed by atoms with Crippen LogP contribution in [0, 0.1) is 0 Å². The van der Waals surface area contributed by atoms with Crippen molar-refractivity contribution in [2.24, 2.45) is 0 Å². The first-order valence-electron chi connectivity index (χ1n) is 3.86. The van der Waals surface area contributed by atoms with E-state index in [1.807, 2.05) is 12.1 Å². The zero-order chi connectivity index (χ0) is 8.48. The van der Waals surface area contributed by atoms with Crippen LogP contribution in [0.5, 0.6) is 0 Å². The molecule has 0 aliphatic heterocycles. The normalized spacial score (nSPS) is 13.0. The number of benzene rings is 1. The fourth-order valence-electron chi connectivity index (χ4n) is 1.01. The van der Waals surface area contributed by atoms with Gasteiger partial charge in [0.25, 0.3) is 0 Å². The van der Waals surface area contributed by atoms with Gasteiger partial charge in [0.15, 0.2) is 0 Å². The molecule has 62 valence electrons. The van der Waals surface area contributed by atoms with Crippen molar-refractivity contribution in [1.82, 2.24) is 0 Å². The van der Waals surface area contributed by atoms with Crippen LogP contribution in [-0.2, 0) is 0 Å². The Morgan fingerprint density at radius 2 is 1.82 bits per heavy atom. The molecule has 0 radical (unpaired) electrons. The van der Waals surface area contributed by atoms with Crippen LogP contribution in [-0.4, -0.2) is 13.6 Å². The van der Waals surface area contributed by atoms with E-state index in [1.54, 1.807) is 0 Å². The van der Waals surface area contributed by atoms with E-state index >= 15 is 0 Å². The molecule has 1 rings (SSSR count). The Labute approximate surface area is 71.1 Å². The maximum absolute atomic E-state index is 5.69. The van der Waals surface area contributed by atoms with E-state index in [-0.39, 0.29) is 0 Å². The molecule has 0 aliphatic carbocycles. The third-order valence-electron chi connectivity index (χ3n) is 1.75. The van der Waals surface area contributed by atoms with Gasteiger partial charge in [-0.1, -0.05) is 0 Å². The Balaban J connectivity index is 3.06. The molecule has 0 heterocycles. The van der Waals surface area contributed by atoms with E-state index in [0.717, 1.165) is 5.69 Å². The fourth-order valence-corrected chi connectivity index (χ4v) is 3.51. The Hall–Kier alpha value is -0.422. The molecule has 0 saturated heterocycles. The van der Waals surface area contributed by atoms with Gasteiger partial charge in [-0.2, -0.15) is 0 Å². The van der Waals surface area contributed by atoms with Gasteiger partial charge in [-0.25, -0.2) is 0 Å². The molecule has 0 bridgehead atoms. The number of nitrogen functional groups attached to an aromatic ring is 1. The van der Waals surface area contributed by atoms with Crippen molar-refractivity contribution in [2.75, 3.05) is 5.73 Å². The minimum absolute atomic E-state index is 0.892. The Bertz CT molecular complexity index is 250. The Morgan fingerprint density at radius 3 is 2.18 bits per heavy atom. The predicted octanol–water partition coefficient (Wildman–Crippen LogP) is 1.55. The van der Waals surface area contributed by atoms with E-state index < -0.39 is 13.6 Å². The van der Waals surface area contributed by atoms with Crippen molar-refractivity contribution in [3.63, 3.8) is 0 Å². The average molecular weight is 213 g/mol. The summed E-state index contributed by atoms with van der Waals surface area (Å²) < 4.78 is 1.48. The van der Waals surface area contributed by atoms with Gasteiger partial charge in [0.2, 0.25) is 0 Å². The van der Waals surface area contributed by atoms with Gasteiger partial charge in [0.1, 0.15) is 0 Å². The van der Waals surface area contributed by atoms with Gasteiger partial charge in [0, 0.05) is 0 Å². The van der Waals surface area contributed by atoms with Gasteiger partial charge in [0.05, 0.1) is 0 Å². The summed E-state index contributed by atoms with van der Waals surface area (Å²) in [5, 5.41) is 0. The quantitative estimate of drug-likeness (QED) is 0.555. The third-order valence-corrected chi connectivity index (χ3v) is 6.04. The number of hydrogen-bond acceptors (Lipinski definition) is 1. The van der Waals surface area contributed by atoms with Gasteiger partial charge in [-0.3, -0.25) is 0 Å². The van der Waals surface area contributed by atoms with Crippen LogP contribution >= 0.6 is 0 Å². The molecule has 2 heteroatoms. The fraction of sp³-hybridized carbons (Fsp3) is 0.333.